The van der Waals surface area contributed by atoms with E-state index >= 15 is 0 Å². The second-order valence-corrected chi connectivity index (χ2v) is 5.88. The molecule has 0 saturated heterocycles. The number of halogens is 3. The van der Waals surface area contributed by atoms with Crippen LogP contribution in [0.2, 0.25) is 5.15 Å². The Morgan fingerprint density at radius 1 is 1.39 bits per heavy atom. The summed E-state index contributed by atoms with van der Waals surface area (Å²) in [7, 11) is 0. The summed E-state index contributed by atoms with van der Waals surface area (Å²) < 4.78 is 1.72. The van der Waals surface area contributed by atoms with Crippen LogP contribution in [-0.2, 0) is 0 Å². The number of aromatic nitrogens is 1. The number of amides is 1. The molecule has 0 saturated carbocycles. The fraction of sp³-hybridized carbons (Fsp3) is 0. The van der Waals surface area contributed by atoms with Gasteiger partial charge >= 0.3 is 0 Å². The molecule has 6 heteroatoms. The summed E-state index contributed by atoms with van der Waals surface area (Å²) in [6.07, 6.45) is 1.57. The Morgan fingerprint density at radius 3 is 2.89 bits per heavy atom. The summed E-state index contributed by atoms with van der Waals surface area (Å²) in [6, 6.07) is 8.96. The molecular weight excluding hydrogens is 430 g/mol. The highest BCUT2D eigenvalue weighted by molar-refractivity contribution is 14.1. The summed E-state index contributed by atoms with van der Waals surface area (Å²) >= 11 is 11.4. The topological polar surface area (TPSA) is 42.0 Å². The number of benzene rings is 1. The van der Waals surface area contributed by atoms with Gasteiger partial charge in [-0.2, -0.15) is 0 Å². The minimum absolute atomic E-state index is 0.227. The van der Waals surface area contributed by atoms with E-state index in [1.54, 1.807) is 24.4 Å². The van der Waals surface area contributed by atoms with Crippen LogP contribution < -0.4 is 5.32 Å². The third-order valence-corrected chi connectivity index (χ3v) is 3.84. The molecule has 0 aliphatic carbocycles. The zero-order valence-corrected chi connectivity index (χ0v) is 13.5. The zero-order chi connectivity index (χ0) is 13.1. The molecule has 2 rings (SSSR count). The molecule has 0 radical (unpaired) electrons. The highest BCUT2D eigenvalue weighted by Crippen LogP contribution is 2.23. The van der Waals surface area contributed by atoms with Gasteiger partial charge in [-0.15, -0.1) is 0 Å². The van der Waals surface area contributed by atoms with Gasteiger partial charge in [0, 0.05) is 14.2 Å². The molecule has 1 amide bonds. The van der Waals surface area contributed by atoms with Crippen molar-refractivity contribution in [1.82, 2.24) is 4.98 Å². The molecule has 1 aromatic carbocycles. The largest absolute Gasteiger partial charge is 0.319 e. The van der Waals surface area contributed by atoms with Gasteiger partial charge in [-0.1, -0.05) is 11.6 Å². The number of carbonyl (C=O) groups is 1. The van der Waals surface area contributed by atoms with Crippen molar-refractivity contribution >= 4 is 61.7 Å². The van der Waals surface area contributed by atoms with Gasteiger partial charge in [0.1, 0.15) is 0 Å². The van der Waals surface area contributed by atoms with Gasteiger partial charge in [-0.3, -0.25) is 4.79 Å². The van der Waals surface area contributed by atoms with E-state index in [1.807, 2.05) is 12.1 Å². The first-order valence-electron chi connectivity index (χ1n) is 4.95. The minimum Gasteiger partial charge on any atom is -0.319 e. The van der Waals surface area contributed by atoms with E-state index in [4.69, 9.17) is 11.6 Å². The predicted octanol–water partition coefficient (Wildman–Crippen LogP) is 4.35. The van der Waals surface area contributed by atoms with Crippen LogP contribution in [0.25, 0.3) is 0 Å². The van der Waals surface area contributed by atoms with Crippen LogP contribution in [0.1, 0.15) is 10.4 Å². The fourth-order valence-corrected chi connectivity index (χ4v) is 2.42. The van der Waals surface area contributed by atoms with Crippen molar-refractivity contribution in [2.24, 2.45) is 0 Å². The van der Waals surface area contributed by atoms with Gasteiger partial charge in [-0.25, -0.2) is 4.98 Å². The summed E-state index contributed by atoms with van der Waals surface area (Å²) in [4.78, 5) is 16.0. The van der Waals surface area contributed by atoms with E-state index < -0.39 is 0 Å². The van der Waals surface area contributed by atoms with Gasteiger partial charge in [0.2, 0.25) is 0 Å². The lowest BCUT2D eigenvalue weighted by atomic mass is 10.2. The van der Waals surface area contributed by atoms with Crippen LogP contribution in [0.5, 0.6) is 0 Å². The lowest BCUT2D eigenvalue weighted by molar-refractivity contribution is 0.102. The normalized spacial score (nSPS) is 10.2. The van der Waals surface area contributed by atoms with Crippen LogP contribution in [0.15, 0.2) is 41.0 Å². The Balaban J connectivity index is 2.28. The quantitative estimate of drug-likeness (QED) is 0.561. The first-order valence-corrected chi connectivity index (χ1v) is 7.20. The molecule has 2 aromatic rings. The number of rotatable bonds is 2. The predicted molar refractivity (Wildman–Crippen MR) is 84.1 cm³/mol. The van der Waals surface area contributed by atoms with Crippen molar-refractivity contribution in [3.63, 3.8) is 0 Å². The standard InChI is InChI=1S/C12H7BrClIN2O/c13-9-4-3-7(15)6-8(9)12(18)17-10-2-1-5-16-11(10)14/h1-6H,(H,17,18). The molecule has 0 spiro atoms. The summed E-state index contributed by atoms with van der Waals surface area (Å²) in [6.45, 7) is 0. The molecule has 1 heterocycles. The van der Waals surface area contributed by atoms with Crippen molar-refractivity contribution in [2.45, 2.75) is 0 Å². The lowest BCUT2D eigenvalue weighted by Gasteiger charge is -2.08. The fourth-order valence-electron chi connectivity index (χ4n) is 1.34. The van der Waals surface area contributed by atoms with E-state index in [9.17, 15) is 4.79 Å². The number of pyridine rings is 1. The van der Waals surface area contributed by atoms with Crippen molar-refractivity contribution in [3.05, 3.63) is 55.3 Å². The third kappa shape index (κ3) is 3.21. The number of hydrogen-bond acceptors (Lipinski definition) is 2. The van der Waals surface area contributed by atoms with Gasteiger partial charge in [0.25, 0.3) is 5.91 Å². The van der Waals surface area contributed by atoms with Gasteiger partial charge < -0.3 is 5.32 Å². The monoisotopic (exact) mass is 436 g/mol. The van der Waals surface area contributed by atoms with E-state index in [0.29, 0.717) is 11.3 Å². The van der Waals surface area contributed by atoms with Crippen LogP contribution in [0, 0.1) is 3.57 Å². The lowest BCUT2D eigenvalue weighted by Crippen LogP contribution is -2.13. The molecule has 0 aliphatic heterocycles. The minimum atomic E-state index is -0.227. The number of carbonyl (C=O) groups excluding carboxylic acids is 1. The van der Waals surface area contributed by atoms with Gasteiger partial charge in [-0.05, 0) is 68.9 Å². The van der Waals surface area contributed by atoms with Crippen molar-refractivity contribution < 1.29 is 4.79 Å². The molecular formula is C12H7BrClIN2O. The Morgan fingerprint density at radius 2 is 2.17 bits per heavy atom. The molecule has 1 aromatic heterocycles. The van der Waals surface area contributed by atoms with E-state index in [0.717, 1.165) is 8.04 Å². The van der Waals surface area contributed by atoms with Crippen LogP contribution >= 0.6 is 50.1 Å². The van der Waals surface area contributed by atoms with Crippen molar-refractivity contribution in [3.8, 4) is 0 Å². The zero-order valence-electron chi connectivity index (χ0n) is 8.95. The van der Waals surface area contributed by atoms with Crippen molar-refractivity contribution in [1.29, 1.82) is 0 Å². The summed E-state index contributed by atoms with van der Waals surface area (Å²) in [5.74, 6) is -0.227. The maximum Gasteiger partial charge on any atom is 0.256 e. The SMILES string of the molecule is O=C(Nc1cccnc1Cl)c1cc(I)ccc1Br. The van der Waals surface area contributed by atoms with Gasteiger partial charge in [0.15, 0.2) is 5.15 Å². The molecule has 0 fully saturated rings. The Bertz CT molecular complexity index is 606. The number of anilines is 1. The first kappa shape index (κ1) is 13.8. The molecule has 3 nitrogen and oxygen atoms in total. The second kappa shape index (κ2) is 5.99. The highest BCUT2D eigenvalue weighted by Gasteiger charge is 2.12. The molecule has 92 valence electrons. The van der Waals surface area contributed by atoms with E-state index in [2.05, 4.69) is 48.8 Å². The third-order valence-electron chi connectivity index (χ3n) is 2.18. The van der Waals surface area contributed by atoms with Gasteiger partial charge in [0.05, 0.1) is 11.3 Å². The maximum atomic E-state index is 12.1. The number of hydrogen-bond donors (Lipinski definition) is 1. The maximum absolute atomic E-state index is 12.1. The van der Waals surface area contributed by atoms with Crippen LogP contribution in [0.3, 0.4) is 0 Å². The first-order chi connectivity index (χ1) is 8.58. The van der Waals surface area contributed by atoms with E-state index in [1.165, 1.54) is 0 Å². The number of nitrogens with zero attached hydrogens (tertiary/aromatic N) is 1. The summed E-state index contributed by atoms with van der Waals surface area (Å²) in [5.41, 5.74) is 1.05. The van der Waals surface area contributed by atoms with Crippen molar-refractivity contribution in [2.75, 3.05) is 5.32 Å². The van der Waals surface area contributed by atoms with Crippen LogP contribution in [-0.4, -0.2) is 10.9 Å². The van der Waals surface area contributed by atoms with Crippen LogP contribution in [0.4, 0.5) is 5.69 Å². The molecule has 18 heavy (non-hydrogen) atoms. The highest BCUT2D eigenvalue weighted by atomic mass is 127. The van der Waals surface area contributed by atoms with E-state index in [-0.39, 0.29) is 11.1 Å². The average Bonchev–Trinajstić information content (AvgIpc) is 2.35. The Hall–Kier alpha value is -0.660. The molecule has 0 atom stereocenters. The molecule has 0 bridgehead atoms. The second-order valence-electron chi connectivity index (χ2n) is 3.42. The molecule has 0 unspecified atom stereocenters. The number of nitrogens with one attached hydrogen (secondary N) is 1. The smallest absolute Gasteiger partial charge is 0.256 e. The molecule has 1 N–H and O–H groups in total. The molecule has 0 aliphatic rings. The Labute approximate surface area is 131 Å². The average molecular weight is 437 g/mol. The Kier molecular flexibility index (Phi) is 4.58. The summed E-state index contributed by atoms with van der Waals surface area (Å²) in [5, 5.41) is 3.00.